The molecule has 0 aromatic rings. The van der Waals surface area contributed by atoms with Gasteiger partial charge in [0.2, 0.25) is 0 Å². The van der Waals surface area contributed by atoms with E-state index < -0.39 is 0 Å². The van der Waals surface area contributed by atoms with E-state index in [4.69, 9.17) is 0 Å². The van der Waals surface area contributed by atoms with E-state index in [9.17, 15) is 0 Å². The number of allylic oxidation sites excluding steroid dienone is 1. The fraction of sp³-hybridized carbons (Fsp3) is 0.143. The molecule has 3 nitrogen and oxygen atoms in total. The Balaban J connectivity index is 2.34. The zero-order chi connectivity index (χ0) is 6.81. The van der Waals surface area contributed by atoms with Gasteiger partial charge >= 0.3 is 0 Å². The number of hydrogen-bond acceptors (Lipinski definition) is 3. The molecule has 0 unspecified atom stereocenters. The minimum absolute atomic E-state index is 0.833. The highest BCUT2D eigenvalue weighted by atomic mass is 15.2. The Bertz CT molecular complexity index is 248. The fourth-order valence-electron chi connectivity index (χ4n) is 0.935. The summed E-state index contributed by atoms with van der Waals surface area (Å²) in [5, 5.41) is 0. The molecule has 0 atom stereocenters. The average molecular weight is 133 g/mol. The molecule has 0 N–H and O–H groups in total. The highest BCUT2D eigenvalue weighted by molar-refractivity contribution is 5.72. The van der Waals surface area contributed by atoms with Gasteiger partial charge in [-0.1, -0.05) is 0 Å². The second-order valence-corrected chi connectivity index (χ2v) is 2.12. The lowest BCUT2D eigenvalue weighted by Crippen LogP contribution is -2.25. The molecule has 0 bridgehead atoms. The molecule has 2 rings (SSSR count). The normalized spacial score (nSPS) is 20.8. The molecule has 0 amide bonds. The Morgan fingerprint density at radius 2 is 2.40 bits per heavy atom. The molecular weight excluding hydrogens is 126 g/mol. The lowest BCUT2D eigenvalue weighted by molar-refractivity contribution is 0.611. The van der Waals surface area contributed by atoms with E-state index in [1.54, 1.807) is 12.5 Å². The molecule has 3 heteroatoms. The molecule has 2 aliphatic heterocycles. The number of aliphatic imine (C=N–C) groups is 2. The first-order valence-electron chi connectivity index (χ1n) is 3.15. The van der Waals surface area contributed by atoms with Crippen molar-refractivity contribution in [2.45, 2.75) is 0 Å². The summed E-state index contributed by atoms with van der Waals surface area (Å²) in [5.41, 5.74) is 1.11. The number of rotatable bonds is 0. The summed E-state index contributed by atoms with van der Waals surface area (Å²) in [6.45, 7) is 0.833. The molecule has 10 heavy (non-hydrogen) atoms. The number of hydrogen-bond donors (Lipinski definition) is 0. The monoisotopic (exact) mass is 133 g/mol. The summed E-state index contributed by atoms with van der Waals surface area (Å²) in [6, 6.07) is 0. The van der Waals surface area contributed by atoms with Crippen LogP contribution in [0.3, 0.4) is 0 Å². The molecule has 50 valence electrons. The molecular formula is C7H7N3. The van der Waals surface area contributed by atoms with Gasteiger partial charge in [0, 0.05) is 12.4 Å². The molecule has 0 aromatic carbocycles. The van der Waals surface area contributed by atoms with Gasteiger partial charge in [-0.2, -0.15) is 0 Å². The zero-order valence-corrected chi connectivity index (χ0v) is 5.44. The lowest BCUT2D eigenvalue weighted by Gasteiger charge is -2.21. The summed E-state index contributed by atoms with van der Waals surface area (Å²) < 4.78 is 0. The van der Waals surface area contributed by atoms with Crippen LogP contribution >= 0.6 is 0 Å². The maximum Gasteiger partial charge on any atom is 0.0953 e. The molecule has 0 aliphatic carbocycles. The minimum Gasteiger partial charge on any atom is -0.326 e. The van der Waals surface area contributed by atoms with Gasteiger partial charge in [0.05, 0.1) is 24.8 Å². The van der Waals surface area contributed by atoms with Crippen molar-refractivity contribution in [3.63, 3.8) is 0 Å². The van der Waals surface area contributed by atoms with Crippen LogP contribution in [0.5, 0.6) is 0 Å². The predicted octanol–water partition coefficient (Wildman–Crippen LogP) is 0.770. The van der Waals surface area contributed by atoms with Crippen molar-refractivity contribution in [2.75, 3.05) is 6.54 Å². The van der Waals surface area contributed by atoms with Gasteiger partial charge in [-0.15, -0.1) is 0 Å². The molecule has 2 heterocycles. The van der Waals surface area contributed by atoms with E-state index in [0.717, 1.165) is 12.2 Å². The maximum absolute atomic E-state index is 4.02. The van der Waals surface area contributed by atoms with E-state index in [1.165, 1.54) is 0 Å². The van der Waals surface area contributed by atoms with Crippen molar-refractivity contribution in [1.82, 2.24) is 4.90 Å². The standard InChI is InChI=1S/C7H7N3/c1-2-9-6-10-4-3-8-5-7(1)10/h1-3,5-6H,4H2. The first-order chi connectivity index (χ1) is 4.97. The summed E-state index contributed by atoms with van der Waals surface area (Å²) in [6.07, 6.45) is 9.19. The fourth-order valence-corrected chi connectivity index (χ4v) is 0.935. The van der Waals surface area contributed by atoms with E-state index in [-0.39, 0.29) is 0 Å². The molecule has 0 radical (unpaired) electrons. The lowest BCUT2D eigenvalue weighted by atomic mass is 10.3. The van der Waals surface area contributed by atoms with Gasteiger partial charge in [-0.05, 0) is 6.08 Å². The first-order valence-corrected chi connectivity index (χ1v) is 3.15. The average Bonchev–Trinajstić information content (AvgIpc) is 2.05. The summed E-state index contributed by atoms with van der Waals surface area (Å²) in [4.78, 5) is 10.0. The van der Waals surface area contributed by atoms with Gasteiger partial charge in [-0.25, -0.2) is 4.99 Å². The van der Waals surface area contributed by atoms with Gasteiger partial charge in [0.25, 0.3) is 0 Å². The molecule has 0 spiro atoms. The van der Waals surface area contributed by atoms with Crippen LogP contribution in [0.15, 0.2) is 34.2 Å². The summed E-state index contributed by atoms with van der Waals surface area (Å²) >= 11 is 0. The zero-order valence-electron chi connectivity index (χ0n) is 5.44. The predicted molar refractivity (Wildman–Crippen MR) is 40.9 cm³/mol. The Hall–Kier alpha value is -1.38. The minimum atomic E-state index is 0.833. The van der Waals surface area contributed by atoms with Crippen LogP contribution in [0.25, 0.3) is 0 Å². The Kier molecular flexibility index (Phi) is 1.13. The van der Waals surface area contributed by atoms with Crippen molar-refractivity contribution >= 4 is 12.6 Å². The molecule has 0 aromatic heterocycles. The molecule has 0 fully saturated rings. The van der Waals surface area contributed by atoms with Crippen LogP contribution in [-0.4, -0.2) is 24.0 Å². The summed E-state index contributed by atoms with van der Waals surface area (Å²) in [5.74, 6) is 0. The quantitative estimate of drug-likeness (QED) is 0.479. The topological polar surface area (TPSA) is 28.0 Å². The molecule has 0 saturated heterocycles. The Labute approximate surface area is 59.1 Å². The van der Waals surface area contributed by atoms with E-state index in [0.29, 0.717) is 0 Å². The third-order valence-electron chi connectivity index (χ3n) is 1.46. The summed E-state index contributed by atoms with van der Waals surface area (Å²) in [7, 11) is 0. The number of fused-ring (bicyclic) bond motifs is 1. The van der Waals surface area contributed by atoms with Crippen LogP contribution in [0.1, 0.15) is 0 Å². The van der Waals surface area contributed by atoms with Crippen LogP contribution in [-0.2, 0) is 0 Å². The maximum atomic E-state index is 4.02. The van der Waals surface area contributed by atoms with Crippen molar-refractivity contribution in [1.29, 1.82) is 0 Å². The Morgan fingerprint density at radius 1 is 1.40 bits per heavy atom. The van der Waals surface area contributed by atoms with Crippen LogP contribution in [0.2, 0.25) is 0 Å². The van der Waals surface area contributed by atoms with Gasteiger partial charge in [-0.3, -0.25) is 4.99 Å². The second kappa shape index (κ2) is 2.10. The highest BCUT2D eigenvalue weighted by Gasteiger charge is 2.07. The van der Waals surface area contributed by atoms with Gasteiger partial charge < -0.3 is 4.90 Å². The largest absolute Gasteiger partial charge is 0.326 e. The highest BCUT2D eigenvalue weighted by Crippen LogP contribution is 2.09. The SMILES string of the molecule is C1=CC2=CN=CCN2C=N1. The molecule has 0 saturated carbocycles. The smallest absolute Gasteiger partial charge is 0.0953 e. The van der Waals surface area contributed by atoms with Crippen molar-refractivity contribution in [3.05, 3.63) is 24.2 Å². The third kappa shape index (κ3) is 0.757. The van der Waals surface area contributed by atoms with Crippen LogP contribution in [0.4, 0.5) is 0 Å². The molecule has 2 aliphatic rings. The van der Waals surface area contributed by atoms with Crippen molar-refractivity contribution in [2.24, 2.45) is 9.98 Å². The Morgan fingerprint density at radius 3 is 3.30 bits per heavy atom. The number of nitrogens with zero attached hydrogens (tertiary/aromatic N) is 3. The third-order valence-corrected chi connectivity index (χ3v) is 1.46. The van der Waals surface area contributed by atoms with Crippen molar-refractivity contribution in [3.8, 4) is 0 Å². The van der Waals surface area contributed by atoms with Crippen LogP contribution in [0, 0.1) is 0 Å². The van der Waals surface area contributed by atoms with Gasteiger partial charge in [0.1, 0.15) is 0 Å². The van der Waals surface area contributed by atoms with E-state index in [2.05, 4.69) is 9.98 Å². The second-order valence-electron chi connectivity index (χ2n) is 2.12. The van der Waals surface area contributed by atoms with E-state index in [1.807, 2.05) is 23.4 Å². The first kappa shape index (κ1) is 5.41. The van der Waals surface area contributed by atoms with Crippen molar-refractivity contribution < 1.29 is 0 Å². The van der Waals surface area contributed by atoms with E-state index >= 15 is 0 Å². The van der Waals surface area contributed by atoms with Crippen LogP contribution < -0.4 is 0 Å². The van der Waals surface area contributed by atoms with Gasteiger partial charge in [0.15, 0.2) is 0 Å².